The molecule has 3 aliphatic rings. The predicted octanol–water partition coefficient (Wildman–Crippen LogP) is 3.22. The third-order valence-electron chi connectivity index (χ3n) is 7.87. The Labute approximate surface area is 203 Å². The molecular weight excluding hydrogens is 453 g/mol. The van der Waals surface area contributed by atoms with Crippen molar-refractivity contribution in [3.63, 3.8) is 0 Å². The van der Waals surface area contributed by atoms with E-state index in [0.29, 0.717) is 22.9 Å². The molecule has 1 amide bonds. The number of fused-ring (bicyclic) bond motifs is 3. The molecule has 7 nitrogen and oxygen atoms in total. The van der Waals surface area contributed by atoms with Crippen molar-refractivity contribution in [3.05, 3.63) is 58.9 Å². The normalized spacial score (nSPS) is 32.2. The zero-order valence-corrected chi connectivity index (χ0v) is 20.2. The standard InChI is InChI=1S/C25H26FN5O2S/c1-14-7-24(8-15(2)21(14)33-3)9-17-5-4-16(10-27)6-19(17)25(24)22(32)31(23(34)30-25)13-20-28-11-18(26)12-29-20/h4-6,11-12,14-15,21H,7-9,13H2,1-3H3,(H,30,34)/t14-,15+,21?,24?,25-/m1/s1. The molecule has 5 atom stereocenters. The largest absolute Gasteiger partial charge is 0.381 e. The molecule has 1 aromatic heterocycles. The summed E-state index contributed by atoms with van der Waals surface area (Å²) in [4.78, 5) is 23.9. The Hall–Kier alpha value is -2.96. The maximum Gasteiger partial charge on any atom is 0.260 e. The van der Waals surface area contributed by atoms with E-state index in [2.05, 4.69) is 35.2 Å². The molecule has 176 valence electrons. The fourth-order valence-corrected chi connectivity index (χ4v) is 7.08. The summed E-state index contributed by atoms with van der Waals surface area (Å²) in [6, 6.07) is 7.81. The molecule has 5 rings (SSSR count). The van der Waals surface area contributed by atoms with Crippen molar-refractivity contribution in [2.45, 2.75) is 51.3 Å². The van der Waals surface area contributed by atoms with Crippen LogP contribution in [0.1, 0.15) is 49.2 Å². The third kappa shape index (κ3) is 3.16. The van der Waals surface area contributed by atoms with Crippen LogP contribution in [0.5, 0.6) is 0 Å². The molecule has 9 heteroatoms. The smallest absolute Gasteiger partial charge is 0.260 e. The molecule has 2 heterocycles. The lowest BCUT2D eigenvalue weighted by Crippen LogP contribution is -2.59. The van der Waals surface area contributed by atoms with Gasteiger partial charge in [0, 0.05) is 12.5 Å². The van der Waals surface area contributed by atoms with Crippen LogP contribution in [0.4, 0.5) is 4.39 Å². The lowest BCUT2D eigenvalue weighted by molar-refractivity contribution is -0.143. The number of aromatic nitrogens is 2. The van der Waals surface area contributed by atoms with Gasteiger partial charge < -0.3 is 10.1 Å². The Morgan fingerprint density at radius 3 is 2.59 bits per heavy atom. The number of ether oxygens (including phenoxy) is 1. The number of amides is 1. The van der Waals surface area contributed by atoms with Crippen LogP contribution in [0.2, 0.25) is 0 Å². The first-order chi connectivity index (χ1) is 16.2. The molecule has 1 saturated carbocycles. The first kappa shape index (κ1) is 22.8. The molecule has 1 saturated heterocycles. The summed E-state index contributed by atoms with van der Waals surface area (Å²) in [5.74, 6) is 0.0497. The molecule has 2 fully saturated rings. The lowest BCUT2D eigenvalue weighted by atomic mass is 9.56. The summed E-state index contributed by atoms with van der Waals surface area (Å²) in [5.41, 5.74) is 0.849. The summed E-state index contributed by atoms with van der Waals surface area (Å²) >= 11 is 5.67. The Kier molecular flexibility index (Phi) is 5.41. The van der Waals surface area contributed by atoms with Crippen molar-refractivity contribution in [1.82, 2.24) is 20.2 Å². The van der Waals surface area contributed by atoms with E-state index in [1.165, 1.54) is 4.90 Å². The first-order valence-electron chi connectivity index (χ1n) is 11.4. The highest BCUT2D eigenvalue weighted by molar-refractivity contribution is 7.80. The van der Waals surface area contributed by atoms with Gasteiger partial charge in [-0.2, -0.15) is 5.26 Å². The molecule has 2 aromatic rings. The van der Waals surface area contributed by atoms with Crippen LogP contribution in [-0.4, -0.2) is 39.1 Å². The van der Waals surface area contributed by atoms with Gasteiger partial charge in [-0.3, -0.25) is 9.69 Å². The van der Waals surface area contributed by atoms with E-state index in [1.807, 2.05) is 12.1 Å². The molecular formula is C25H26FN5O2S. The zero-order valence-electron chi connectivity index (χ0n) is 19.3. The van der Waals surface area contributed by atoms with Crippen LogP contribution in [0, 0.1) is 34.4 Å². The summed E-state index contributed by atoms with van der Waals surface area (Å²) in [6.45, 7) is 4.39. The van der Waals surface area contributed by atoms with Gasteiger partial charge in [-0.05, 0) is 66.6 Å². The van der Waals surface area contributed by atoms with Crippen molar-refractivity contribution >= 4 is 23.2 Å². The Bertz CT molecular complexity index is 1200. The highest BCUT2D eigenvalue weighted by Gasteiger charge is 2.68. The van der Waals surface area contributed by atoms with E-state index < -0.39 is 16.8 Å². The fourth-order valence-electron chi connectivity index (χ4n) is 6.78. The summed E-state index contributed by atoms with van der Waals surface area (Å²) in [5, 5.41) is 13.3. The SMILES string of the molecule is COC1[C@H](C)CC2(Cc3ccc(C#N)cc3[C@]23NC(=S)N(Cc2ncc(F)cn2)C3=O)C[C@@H]1C. The van der Waals surface area contributed by atoms with E-state index in [1.54, 1.807) is 13.2 Å². The molecule has 1 aliphatic heterocycles. The highest BCUT2D eigenvalue weighted by atomic mass is 32.1. The number of nitrogens with zero attached hydrogens (tertiary/aromatic N) is 4. The summed E-state index contributed by atoms with van der Waals surface area (Å²) in [6.07, 6.45) is 4.52. The number of carbonyl (C=O) groups excluding carboxylic acids is 1. The van der Waals surface area contributed by atoms with E-state index >= 15 is 0 Å². The topological polar surface area (TPSA) is 91.1 Å². The number of hydrogen-bond donors (Lipinski definition) is 1. The highest BCUT2D eigenvalue weighted by Crippen LogP contribution is 2.62. The maximum absolute atomic E-state index is 14.3. The second-order valence-electron chi connectivity index (χ2n) is 9.89. The first-order valence-corrected chi connectivity index (χ1v) is 11.8. The number of halogens is 1. The zero-order chi connectivity index (χ0) is 24.3. The van der Waals surface area contributed by atoms with Crippen LogP contribution in [0.3, 0.4) is 0 Å². The van der Waals surface area contributed by atoms with Crippen LogP contribution < -0.4 is 5.32 Å². The lowest BCUT2D eigenvalue weighted by Gasteiger charge is -2.51. The maximum atomic E-state index is 14.3. The number of nitriles is 1. The van der Waals surface area contributed by atoms with Gasteiger partial charge >= 0.3 is 0 Å². The number of hydrogen-bond acceptors (Lipinski definition) is 6. The Balaban J connectivity index is 1.63. The molecule has 2 unspecified atom stereocenters. The van der Waals surface area contributed by atoms with E-state index in [0.717, 1.165) is 36.4 Å². The summed E-state index contributed by atoms with van der Waals surface area (Å²) in [7, 11) is 1.74. The van der Waals surface area contributed by atoms with E-state index in [9.17, 15) is 14.4 Å². The minimum atomic E-state index is -1.09. The molecule has 1 aromatic carbocycles. The number of methoxy groups -OCH3 is 1. The van der Waals surface area contributed by atoms with Gasteiger partial charge in [0.25, 0.3) is 5.91 Å². The van der Waals surface area contributed by atoms with Crippen molar-refractivity contribution in [2.24, 2.45) is 17.3 Å². The monoisotopic (exact) mass is 479 g/mol. The van der Waals surface area contributed by atoms with Crippen molar-refractivity contribution in [3.8, 4) is 6.07 Å². The number of nitrogens with one attached hydrogen (secondary N) is 1. The van der Waals surface area contributed by atoms with Gasteiger partial charge in [0.15, 0.2) is 16.5 Å². The molecule has 0 bridgehead atoms. The fraction of sp³-hybridized carbons (Fsp3) is 0.480. The van der Waals surface area contributed by atoms with Gasteiger partial charge in [-0.15, -0.1) is 0 Å². The number of thiocarbonyl (C=S) groups is 1. The van der Waals surface area contributed by atoms with Crippen molar-refractivity contribution in [1.29, 1.82) is 5.26 Å². The molecule has 2 spiro atoms. The quantitative estimate of drug-likeness (QED) is 0.676. The molecule has 34 heavy (non-hydrogen) atoms. The molecule has 2 aliphatic carbocycles. The van der Waals surface area contributed by atoms with Gasteiger partial charge in [0.1, 0.15) is 5.82 Å². The van der Waals surface area contributed by atoms with Gasteiger partial charge in [0.2, 0.25) is 0 Å². The average molecular weight is 480 g/mol. The summed E-state index contributed by atoms with van der Waals surface area (Å²) < 4.78 is 19.1. The Morgan fingerprint density at radius 1 is 1.29 bits per heavy atom. The van der Waals surface area contributed by atoms with Gasteiger partial charge in [-0.25, -0.2) is 14.4 Å². The van der Waals surface area contributed by atoms with Crippen molar-refractivity contribution in [2.75, 3.05) is 7.11 Å². The van der Waals surface area contributed by atoms with Crippen LogP contribution in [0.25, 0.3) is 0 Å². The van der Waals surface area contributed by atoms with Crippen molar-refractivity contribution < 1.29 is 13.9 Å². The van der Waals surface area contributed by atoms with Gasteiger partial charge in [-0.1, -0.05) is 19.9 Å². The minimum absolute atomic E-state index is 0.0435. The van der Waals surface area contributed by atoms with Gasteiger partial charge in [0.05, 0.1) is 36.7 Å². The van der Waals surface area contributed by atoms with E-state index in [4.69, 9.17) is 17.0 Å². The van der Waals surface area contributed by atoms with Crippen LogP contribution in [-0.2, 0) is 28.0 Å². The molecule has 0 radical (unpaired) electrons. The number of rotatable bonds is 3. The minimum Gasteiger partial charge on any atom is -0.381 e. The predicted molar refractivity (Wildman–Crippen MR) is 126 cm³/mol. The number of carbonyl (C=O) groups is 1. The average Bonchev–Trinajstić information content (AvgIpc) is 3.21. The van der Waals surface area contributed by atoms with Crippen LogP contribution >= 0.6 is 12.2 Å². The van der Waals surface area contributed by atoms with Crippen LogP contribution in [0.15, 0.2) is 30.6 Å². The second kappa shape index (κ2) is 8.07. The van der Waals surface area contributed by atoms with E-state index in [-0.39, 0.29) is 30.4 Å². The molecule has 1 N–H and O–H groups in total. The second-order valence-corrected chi connectivity index (χ2v) is 10.3. The number of benzene rings is 1. The third-order valence-corrected chi connectivity index (χ3v) is 8.19. The Morgan fingerprint density at radius 2 is 1.97 bits per heavy atom.